The van der Waals surface area contributed by atoms with E-state index in [1.165, 1.54) is 11.6 Å². The van der Waals surface area contributed by atoms with Crippen LogP contribution in [0.25, 0.3) is 15.2 Å². The summed E-state index contributed by atoms with van der Waals surface area (Å²) in [7, 11) is 2.09. The molecule has 0 aliphatic carbocycles. The average Bonchev–Trinajstić information content (AvgIpc) is 2.83. The molecule has 2 heterocycles. The Hall–Kier alpha value is -0.961. The molecule has 0 amide bonds. The van der Waals surface area contributed by atoms with Crippen LogP contribution in [0, 0.1) is 5.82 Å². The Labute approximate surface area is 99.4 Å². The molecule has 0 saturated carbocycles. The number of hydrogen-bond acceptors (Lipinski definition) is 2. The van der Waals surface area contributed by atoms with Crippen molar-refractivity contribution in [1.29, 1.82) is 0 Å². The quantitative estimate of drug-likeness (QED) is 0.740. The Morgan fingerprint density at radius 2 is 2.31 bits per heavy atom. The van der Waals surface area contributed by atoms with E-state index in [9.17, 15) is 4.39 Å². The Morgan fingerprint density at radius 3 is 3.06 bits per heavy atom. The minimum atomic E-state index is -0.158. The summed E-state index contributed by atoms with van der Waals surface area (Å²) in [5.41, 5.74) is 2.37. The second-order valence-corrected chi connectivity index (χ2v) is 5.79. The van der Waals surface area contributed by atoms with Crippen molar-refractivity contribution < 1.29 is 4.39 Å². The molecular formula is C12H11FN2Se. The molecule has 0 unspecified atom stereocenters. The van der Waals surface area contributed by atoms with Crippen LogP contribution in [0.3, 0.4) is 0 Å². The van der Waals surface area contributed by atoms with Gasteiger partial charge < -0.3 is 0 Å². The molecule has 1 aromatic heterocycles. The predicted octanol–water partition coefficient (Wildman–Crippen LogP) is 1.76. The zero-order valence-electron chi connectivity index (χ0n) is 8.90. The molecule has 4 heteroatoms. The molecule has 16 heavy (non-hydrogen) atoms. The Balaban J connectivity index is 2.11. The van der Waals surface area contributed by atoms with Crippen LogP contribution in [0.4, 0.5) is 4.39 Å². The second kappa shape index (κ2) is 3.81. The zero-order chi connectivity index (χ0) is 11.1. The SMILES string of the molecule is CN1CC=C(c2n[se]c3cc(F)ccc23)C1. The third kappa shape index (κ3) is 1.63. The summed E-state index contributed by atoms with van der Waals surface area (Å²) in [5, 5.41) is 1.13. The van der Waals surface area contributed by atoms with Crippen LogP contribution in [0.15, 0.2) is 24.3 Å². The zero-order valence-corrected chi connectivity index (χ0v) is 10.6. The van der Waals surface area contributed by atoms with E-state index in [1.54, 1.807) is 6.07 Å². The van der Waals surface area contributed by atoms with E-state index in [0.717, 1.165) is 28.4 Å². The number of hydrogen-bond donors (Lipinski definition) is 0. The molecule has 1 aliphatic heterocycles. The summed E-state index contributed by atoms with van der Waals surface area (Å²) in [4.78, 5) is 2.24. The standard InChI is InChI=1S/C12H11FN2Se/c1-15-5-4-8(7-15)12-10-3-2-9(13)6-11(10)16-14-12/h2-4,6H,5,7H2,1H3. The van der Waals surface area contributed by atoms with Gasteiger partial charge in [-0.05, 0) is 0 Å². The van der Waals surface area contributed by atoms with Crippen LogP contribution in [0.5, 0.6) is 0 Å². The van der Waals surface area contributed by atoms with Crippen molar-refractivity contribution in [2.45, 2.75) is 0 Å². The molecule has 0 saturated heterocycles. The number of benzene rings is 1. The number of rotatable bonds is 1. The Morgan fingerprint density at radius 1 is 1.44 bits per heavy atom. The summed E-state index contributed by atoms with van der Waals surface area (Å²) in [5.74, 6) is -0.158. The first-order chi connectivity index (χ1) is 7.74. The summed E-state index contributed by atoms with van der Waals surface area (Å²) in [6.07, 6.45) is 2.22. The Kier molecular flexibility index (Phi) is 2.43. The number of fused-ring (bicyclic) bond motifs is 1. The summed E-state index contributed by atoms with van der Waals surface area (Å²) < 4.78 is 18.7. The van der Waals surface area contributed by atoms with Gasteiger partial charge in [-0.25, -0.2) is 0 Å². The van der Waals surface area contributed by atoms with Gasteiger partial charge in [0, 0.05) is 0 Å². The van der Waals surface area contributed by atoms with Crippen molar-refractivity contribution in [3.63, 3.8) is 0 Å². The first-order valence-electron chi connectivity index (χ1n) is 5.17. The molecule has 3 rings (SSSR count). The van der Waals surface area contributed by atoms with E-state index < -0.39 is 0 Å². The number of nitrogens with zero attached hydrogens (tertiary/aromatic N) is 2. The fourth-order valence-electron chi connectivity index (χ4n) is 2.00. The molecule has 0 bridgehead atoms. The van der Waals surface area contributed by atoms with Gasteiger partial charge in [-0.3, -0.25) is 0 Å². The number of aromatic nitrogens is 1. The van der Waals surface area contributed by atoms with Crippen LogP contribution in [-0.2, 0) is 0 Å². The fraction of sp³-hybridized carbons (Fsp3) is 0.250. The number of likely N-dealkylation sites (N-methyl/N-ethyl adjacent to an activating group) is 1. The van der Waals surface area contributed by atoms with E-state index in [2.05, 4.69) is 22.0 Å². The molecule has 0 radical (unpaired) electrons. The van der Waals surface area contributed by atoms with Gasteiger partial charge in [-0.15, -0.1) is 0 Å². The predicted molar refractivity (Wildman–Crippen MR) is 64.1 cm³/mol. The van der Waals surface area contributed by atoms with Crippen molar-refractivity contribution in [3.8, 4) is 0 Å². The van der Waals surface area contributed by atoms with Crippen LogP contribution in [-0.4, -0.2) is 43.7 Å². The maximum atomic E-state index is 13.1. The molecule has 2 nitrogen and oxygen atoms in total. The van der Waals surface area contributed by atoms with Gasteiger partial charge in [0.2, 0.25) is 0 Å². The Bertz CT molecular complexity index is 573. The number of halogens is 1. The van der Waals surface area contributed by atoms with Gasteiger partial charge in [-0.2, -0.15) is 0 Å². The first kappa shape index (κ1) is 10.2. The van der Waals surface area contributed by atoms with Gasteiger partial charge >= 0.3 is 99.1 Å². The molecule has 0 atom stereocenters. The molecule has 2 aromatic rings. The van der Waals surface area contributed by atoms with E-state index in [4.69, 9.17) is 0 Å². The van der Waals surface area contributed by atoms with Crippen LogP contribution >= 0.6 is 0 Å². The third-order valence-electron chi connectivity index (χ3n) is 2.83. The molecule has 1 aromatic carbocycles. The maximum absolute atomic E-state index is 13.1. The molecule has 82 valence electrons. The topological polar surface area (TPSA) is 16.1 Å². The first-order valence-corrected chi connectivity index (χ1v) is 6.79. The van der Waals surface area contributed by atoms with Crippen molar-refractivity contribution >= 4 is 30.0 Å². The van der Waals surface area contributed by atoms with E-state index in [1.807, 2.05) is 6.07 Å². The second-order valence-electron chi connectivity index (χ2n) is 4.10. The molecular weight excluding hydrogens is 270 g/mol. The summed E-state index contributed by atoms with van der Waals surface area (Å²) in [6.45, 7) is 1.93. The molecule has 0 fully saturated rings. The fourth-order valence-corrected chi connectivity index (χ4v) is 3.75. The van der Waals surface area contributed by atoms with E-state index in [0.29, 0.717) is 0 Å². The van der Waals surface area contributed by atoms with Crippen LogP contribution in [0.1, 0.15) is 5.69 Å². The van der Waals surface area contributed by atoms with Gasteiger partial charge in [0.05, 0.1) is 0 Å². The van der Waals surface area contributed by atoms with Crippen molar-refractivity contribution in [3.05, 3.63) is 35.8 Å². The average molecular weight is 281 g/mol. The third-order valence-corrected chi connectivity index (χ3v) is 4.52. The van der Waals surface area contributed by atoms with Crippen LogP contribution in [0.2, 0.25) is 0 Å². The molecule has 0 spiro atoms. The normalized spacial score (nSPS) is 17.0. The van der Waals surface area contributed by atoms with Gasteiger partial charge in [0.1, 0.15) is 0 Å². The molecule has 0 N–H and O–H groups in total. The van der Waals surface area contributed by atoms with Crippen molar-refractivity contribution in [2.75, 3.05) is 20.1 Å². The van der Waals surface area contributed by atoms with Crippen LogP contribution < -0.4 is 0 Å². The minimum absolute atomic E-state index is 0.0504. The molecule has 1 aliphatic rings. The van der Waals surface area contributed by atoms with Gasteiger partial charge in [0.25, 0.3) is 0 Å². The van der Waals surface area contributed by atoms with Gasteiger partial charge in [0.15, 0.2) is 0 Å². The van der Waals surface area contributed by atoms with E-state index >= 15 is 0 Å². The van der Waals surface area contributed by atoms with Gasteiger partial charge in [-0.1, -0.05) is 0 Å². The van der Waals surface area contributed by atoms with Crippen molar-refractivity contribution in [2.24, 2.45) is 0 Å². The monoisotopic (exact) mass is 282 g/mol. The van der Waals surface area contributed by atoms with Crippen molar-refractivity contribution in [1.82, 2.24) is 8.88 Å². The summed E-state index contributed by atoms with van der Waals surface area (Å²) in [6, 6.07) is 5.00. The summed E-state index contributed by atoms with van der Waals surface area (Å²) >= 11 is 0.0504. The van der Waals surface area contributed by atoms with E-state index in [-0.39, 0.29) is 20.5 Å².